The molecule has 2 amide bonds. The van der Waals surface area contributed by atoms with Crippen molar-refractivity contribution in [3.05, 3.63) is 76.7 Å². The molecule has 14 nitrogen and oxygen atoms in total. The van der Waals surface area contributed by atoms with Gasteiger partial charge >= 0.3 is 0 Å². The molecule has 7 N–H and O–H groups in total. The minimum Gasteiger partial charge on any atom is -0.507 e. The fourth-order valence-electron chi connectivity index (χ4n) is 8.67. The first-order valence-electron chi connectivity index (χ1n) is 19.3. The lowest BCUT2D eigenvalue weighted by Gasteiger charge is -2.45. The Hall–Kier alpha value is -4.79. The summed E-state index contributed by atoms with van der Waals surface area (Å²) in [6.07, 6.45) is 4.84. The lowest BCUT2D eigenvalue weighted by Crippen LogP contribution is -2.58. The second-order valence-corrected chi connectivity index (χ2v) is 15.5. The van der Waals surface area contributed by atoms with Gasteiger partial charge in [0.25, 0.3) is 5.91 Å². The fourth-order valence-corrected chi connectivity index (χ4v) is 8.67. The number of likely N-dealkylation sites (N-methyl/N-ethyl adjacent to an activating group) is 2. The number of fused-ring (bicyclic) bond motifs is 3. The van der Waals surface area contributed by atoms with Crippen LogP contribution >= 0.6 is 0 Å². The number of nitrogens with zero attached hydrogens (tertiary/aromatic N) is 5. The van der Waals surface area contributed by atoms with Crippen molar-refractivity contribution in [3.63, 3.8) is 0 Å². The van der Waals surface area contributed by atoms with Gasteiger partial charge in [-0.3, -0.25) is 9.59 Å². The smallest absolute Gasteiger partial charge is 0.255 e. The van der Waals surface area contributed by atoms with Gasteiger partial charge < -0.3 is 61.2 Å². The van der Waals surface area contributed by atoms with Crippen LogP contribution < -0.4 is 27.0 Å². The second-order valence-electron chi connectivity index (χ2n) is 15.5. The van der Waals surface area contributed by atoms with Gasteiger partial charge in [0.1, 0.15) is 23.9 Å². The number of likely N-dealkylation sites (tertiary alicyclic amines) is 1. The van der Waals surface area contributed by atoms with Gasteiger partial charge in [0.15, 0.2) is 0 Å². The number of hydrogen-bond acceptors (Lipinski definition) is 12. The number of phenolic OH excluding ortho intramolecular Hbond substituents is 1. The lowest BCUT2D eigenvalue weighted by atomic mass is 10.1. The zero-order valence-corrected chi connectivity index (χ0v) is 31.5. The third kappa shape index (κ3) is 8.15. The topological polar surface area (TPSA) is 173 Å². The van der Waals surface area contributed by atoms with Crippen LogP contribution in [0.2, 0.25) is 0 Å². The molecule has 290 valence electrons. The molecule has 1 saturated carbocycles. The number of hydrogen-bond donors (Lipinski definition) is 5. The molecule has 54 heavy (non-hydrogen) atoms. The van der Waals surface area contributed by atoms with Crippen LogP contribution in [0.5, 0.6) is 5.75 Å². The summed E-state index contributed by atoms with van der Waals surface area (Å²) in [5.41, 5.74) is 17.0. The first kappa shape index (κ1) is 37.5. The van der Waals surface area contributed by atoms with E-state index >= 15 is 0 Å². The number of phenols is 1. The van der Waals surface area contributed by atoms with Crippen molar-refractivity contribution in [3.8, 4) is 5.75 Å². The van der Waals surface area contributed by atoms with Crippen molar-refractivity contribution in [2.75, 3.05) is 84.5 Å². The predicted octanol–water partition coefficient (Wildman–Crippen LogP) is 0.932. The molecule has 5 atom stereocenters. The fraction of sp³-hybridized carbons (Fsp3) is 0.525. The number of benzene rings is 2. The second kappa shape index (κ2) is 16.3. The molecule has 14 heteroatoms. The predicted molar refractivity (Wildman–Crippen MR) is 207 cm³/mol. The van der Waals surface area contributed by atoms with E-state index in [4.69, 9.17) is 16.2 Å². The highest BCUT2D eigenvalue weighted by atomic mass is 16.5. The van der Waals surface area contributed by atoms with Crippen LogP contribution in [0.3, 0.4) is 0 Å². The Morgan fingerprint density at radius 3 is 2.67 bits per heavy atom. The molecular formula is C40H55N9O5. The van der Waals surface area contributed by atoms with Crippen molar-refractivity contribution in [2.45, 2.75) is 44.0 Å². The molecule has 1 aliphatic carbocycles. The maximum absolute atomic E-state index is 13.0. The minimum atomic E-state index is -0.631. The van der Waals surface area contributed by atoms with E-state index in [0.717, 1.165) is 80.9 Å². The van der Waals surface area contributed by atoms with Crippen LogP contribution in [0.4, 0.5) is 5.69 Å². The number of piperidine rings is 1. The molecule has 6 aliphatic rings. The number of aromatic hydroxyl groups is 1. The Kier molecular flexibility index (Phi) is 11.3. The monoisotopic (exact) mass is 741 g/mol. The molecule has 0 radical (unpaired) electrons. The highest BCUT2D eigenvalue weighted by Crippen LogP contribution is 2.45. The SMILES string of the molecule is CN1CCN2C(/C=C(\N)c3ccccc3O)=C(N)NCC2C1.CNC(=O)C(CCC=O)N1Cc2cc(N3CCOC(CN4CC5CC5C4)C3)ccc2C1=O. The summed E-state index contributed by atoms with van der Waals surface area (Å²) in [7, 11) is 3.69. The average Bonchev–Trinajstić information content (AvgIpc) is 3.65. The zero-order valence-electron chi connectivity index (χ0n) is 31.5. The van der Waals surface area contributed by atoms with Crippen LogP contribution in [0, 0.1) is 11.8 Å². The van der Waals surface area contributed by atoms with Gasteiger partial charge in [-0.1, -0.05) is 12.1 Å². The Bertz CT molecular complexity index is 1770. The summed E-state index contributed by atoms with van der Waals surface area (Å²) in [6, 6.07) is 12.8. The van der Waals surface area contributed by atoms with Crippen LogP contribution in [-0.2, 0) is 20.9 Å². The van der Waals surface area contributed by atoms with Crippen molar-refractivity contribution < 1.29 is 24.2 Å². The highest BCUT2D eigenvalue weighted by molar-refractivity contribution is 6.01. The van der Waals surface area contributed by atoms with Gasteiger partial charge in [-0.2, -0.15) is 0 Å². The number of para-hydroxylation sites is 1. The molecule has 2 aromatic rings. The Morgan fingerprint density at radius 2 is 1.91 bits per heavy atom. The molecule has 5 unspecified atom stereocenters. The van der Waals surface area contributed by atoms with Crippen molar-refractivity contribution in [2.24, 2.45) is 23.3 Å². The number of allylic oxidation sites excluding steroid dienone is 1. The highest BCUT2D eigenvalue weighted by Gasteiger charge is 2.45. The number of carbonyl (C=O) groups is 3. The maximum Gasteiger partial charge on any atom is 0.255 e. The molecule has 8 rings (SSSR count). The minimum absolute atomic E-state index is 0.140. The van der Waals surface area contributed by atoms with Gasteiger partial charge in [0.2, 0.25) is 5.91 Å². The van der Waals surface area contributed by atoms with Crippen LogP contribution in [0.25, 0.3) is 5.70 Å². The van der Waals surface area contributed by atoms with Crippen molar-refractivity contribution in [1.29, 1.82) is 0 Å². The van der Waals surface area contributed by atoms with E-state index in [0.29, 0.717) is 48.3 Å². The summed E-state index contributed by atoms with van der Waals surface area (Å²) < 4.78 is 6.06. The molecule has 2 aromatic carbocycles. The van der Waals surface area contributed by atoms with E-state index in [1.54, 1.807) is 30.1 Å². The van der Waals surface area contributed by atoms with Crippen molar-refractivity contribution in [1.82, 2.24) is 30.2 Å². The number of amides is 2. The van der Waals surface area contributed by atoms with Gasteiger partial charge in [0, 0.05) is 101 Å². The zero-order chi connectivity index (χ0) is 37.9. The number of carbonyl (C=O) groups excluding carboxylic acids is 3. The van der Waals surface area contributed by atoms with Crippen LogP contribution in [0.15, 0.2) is 60.1 Å². The lowest BCUT2D eigenvalue weighted by molar-refractivity contribution is -0.125. The molecule has 5 heterocycles. The quantitative estimate of drug-likeness (QED) is 0.219. The van der Waals surface area contributed by atoms with E-state index in [1.807, 2.05) is 24.3 Å². The number of rotatable bonds is 10. The van der Waals surface area contributed by atoms with E-state index < -0.39 is 6.04 Å². The normalized spacial score (nSPS) is 25.9. The van der Waals surface area contributed by atoms with Gasteiger partial charge in [-0.15, -0.1) is 0 Å². The number of nitrogens with two attached hydrogens (primary N) is 2. The summed E-state index contributed by atoms with van der Waals surface area (Å²) in [4.78, 5) is 47.3. The first-order chi connectivity index (χ1) is 26.1. The van der Waals surface area contributed by atoms with Gasteiger partial charge in [-0.25, -0.2) is 0 Å². The van der Waals surface area contributed by atoms with Crippen LogP contribution in [-0.4, -0.2) is 141 Å². The standard InChI is InChI=1S/C24H32N4O4.C16H23N5O/c1-25-23(30)22(3-2-7-29)28-13-18-10-19(4-5-21(18)24(28)31)27-6-8-32-20(15-27)14-26-11-16-9-17(16)12-26;1-20-6-7-21-11(10-20)9-19-16(18)14(21)8-13(17)12-4-2-3-5-15(12)22/h4-5,7,10,16-17,20,22H,2-3,6,8-9,11-15H2,1H3,(H,25,30);2-5,8,11,19,22H,6-7,9-10,17-18H2,1H3/b;13-8-. The van der Waals surface area contributed by atoms with Crippen molar-refractivity contribution >= 4 is 29.5 Å². The average molecular weight is 742 g/mol. The molecule has 0 aromatic heterocycles. The Morgan fingerprint density at radius 1 is 1.11 bits per heavy atom. The largest absolute Gasteiger partial charge is 0.507 e. The number of morpholine rings is 1. The number of piperazine rings is 1. The molecule has 0 spiro atoms. The van der Waals surface area contributed by atoms with E-state index in [9.17, 15) is 19.5 Å². The number of ether oxygens (including phenoxy) is 1. The third-order valence-electron chi connectivity index (χ3n) is 11.7. The molecule has 3 saturated heterocycles. The molecular weight excluding hydrogens is 686 g/mol. The van der Waals surface area contributed by atoms with Crippen LogP contribution in [0.1, 0.15) is 40.7 Å². The third-order valence-corrected chi connectivity index (χ3v) is 11.7. The molecule has 0 bridgehead atoms. The van der Waals surface area contributed by atoms with E-state index in [-0.39, 0.29) is 30.1 Å². The number of anilines is 1. The van der Waals surface area contributed by atoms with E-state index in [2.05, 4.69) is 43.3 Å². The maximum atomic E-state index is 13.0. The molecule has 4 fully saturated rings. The Labute approximate surface area is 317 Å². The summed E-state index contributed by atoms with van der Waals surface area (Å²) in [5, 5.41) is 15.8. The Balaban J connectivity index is 0.000000179. The summed E-state index contributed by atoms with van der Waals surface area (Å²) in [6.45, 7) is 9.96. The van der Waals surface area contributed by atoms with E-state index in [1.165, 1.54) is 19.5 Å². The number of nitrogens with one attached hydrogen (secondary N) is 2. The first-order valence-corrected chi connectivity index (χ1v) is 19.3. The molecule has 5 aliphatic heterocycles. The van der Waals surface area contributed by atoms with Gasteiger partial charge in [-0.05, 0) is 73.7 Å². The summed E-state index contributed by atoms with van der Waals surface area (Å²) >= 11 is 0. The summed E-state index contributed by atoms with van der Waals surface area (Å²) in [5.74, 6) is 2.30. The van der Waals surface area contributed by atoms with Gasteiger partial charge in [0.05, 0.1) is 24.4 Å². The number of aldehydes is 1.